The molecule has 2 N–H and O–H groups in total. The third-order valence-electron chi connectivity index (χ3n) is 3.87. The van der Waals surface area contributed by atoms with Gasteiger partial charge in [-0.3, -0.25) is 4.68 Å². The second kappa shape index (κ2) is 6.82. The third-order valence-corrected chi connectivity index (χ3v) is 4.73. The maximum atomic E-state index is 6.26. The lowest BCUT2D eigenvalue weighted by atomic mass is 10.0. The fourth-order valence-corrected chi connectivity index (χ4v) is 2.80. The van der Waals surface area contributed by atoms with Crippen molar-refractivity contribution in [1.29, 1.82) is 0 Å². The van der Waals surface area contributed by atoms with Crippen LogP contribution in [-0.4, -0.2) is 15.8 Å². The molecule has 2 rings (SSSR count). The van der Waals surface area contributed by atoms with Crippen LogP contribution < -0.4 is 5.73 Å². The highest BCUT2D eigenvalue weighted by atomic mass is 35.5. The number of benzene rings is 1. The summed E-state index contributed by atoms with van der Waals surface area (Å²) in [4.78, 5) is 0. The van der Waals surface area contributed by atoms with Crippen molar-refractivity contribution < 1.29 is 0 Å². The van der Waals surface area contributed by atoms with Crippen LogP contribution in [0.2, 0.25) is 10.0 Å². The molecule has 1 aromatic carbocycles. The van der Waals surface area contributed by atoms with Gasteiger partial charge in [0.1, 0.15) is 0 Å². The van der Waals surface area contributed by atoms with E-state index in [0.29, 0.717) is 16.6 Å². The van der Waals surface area contributed by atoms with Gasteiger partial charge in [0.15, 0.2) is 0 Å². The predicted molar refractivity (Wildman–Crippen MR) is 89.2 cm³/mol. The fraction of sp³-hybridized carbons (Fsp3) is 0.438. The Morgan fingerprint density at radius 1 is 1.29 bits per heavy atom. The highest BCUT2D eigenvalue weighted by Crippen LogP contribution is 2.27. The molecule has 0 saturated carbocycles. The van der Waals surface area contributed by atoms with Gasteiger partial charge in [-0.15, -0.1) is 0 Å². The second-order valence-corrected chi connectivity index (χ2v) is 6.18. The summed E-state index contributed by atoms with van der Waals surface area (Å²) in [6.45, 7) is 6.83. The highest BCUT2D eigenvalue weighted by Gasteiger charge is 2.15. The number of hydrogen-bond donors (Lipinski definition) is 1. The number of aryl methyl sites for hydroxylation is 1. The van der Waals surface area contributed by atoms with Crippen molar-refractivity contribution in [2.75, 3.05) is 0 Å². The van der Waals surface area contributed by atoms with Gasteiger partial charge in [-0.25, -0.2) is 0 Å². The van der Waals surface area contributed by atoms with Crippen LogP contribution in [0.3, 0.4) is 0 Å². The summed E-state index contributed by atoms with van der Waals surface area (Å²) in [7, 11) is 0. The van der Waals surface area contributed by atoms with Crippen LogP contribution in [0.15, 0.2) is 18.2 Å². The standard InChI is InChI=1S/C16H21Cl2N3/c1-4-13(19)8-14-10(2)20-21(11(14)3)9-12-6-5-7-15(17)16(12)18/h5-7,13H,4,8-9,19H2,1-3H3. The van der Waals surface area contributed by atoms with Gasteiger partial charge in [0.05, 0.1) is 22.3 Å². The Balaban J connectivity index is 2.29. The molecule has 0 amide bonds. The van der Waals surface area contributed by atoms with Crippen LogP contribution in [0.25, 0.3) is 0 Å². The maximum absolute atomic E-state index is 6.26. The van der Waals surface area contributed by atoms with Gasteiger partial charge in [-0.05, 0) is 43.9 Å². The SMILES string of the molecule is CCC(N)Cc1c(C)nn(Cc2cccc(Cl)c2Cl)c1C. The van der Waals surface area contributed by atoms with Crippen LogP contribution in [-0.2, 0) is 13.0 Å². The van der Waals surface area contributed by atoms with Gasteiger partial charge >= 0.3 is 0 Å². The zero-order chi connectivity index (χ0) is 15.6. The van der Waals surface area contributed by atoms with Crippen molar-refractivity contribution in [1.82, 2.24) is 9.78 Å². The van der Waals surface area contributed by atoms with E-state index in [4.69, 9.17) is 28.9 Å². The Morgan fingerprint density at radius 3 is 2.67 bits per heavy atom. The van der Waals surface area contributed by atoms with E-state index in [1.165, 1.54) is 5.56 Å². The molecule has 0 saturated heterocycles. The largest absolute Gasteiger partial charge is 0.327 e. The first-order valence-corrected chi connectivity index (χ1v) is 7.91. The second-order valence-electron chi connectivity index (χ2n) is 5.39. The Morgan fingerprint density at radius 2 is 2.00 bits per heavy atom. The number of rotatable bonds is 5. The van der Waals surface area contributed by atoms with Crippen molar-refractivity contribution in [2.45, 2.75) is 46.2 Å². The monoisotopic (exact) mass is 325 g/mol. The number of aromatic nitrogens is 2. The molecule has 0 aliphatic rings. The van der Waals surface area contributed by atoms with Crippen LogP contribution in [0, 0.1) is 13.8 Å². The van der Waals surface area contributed by atoms with E-state index in [1.54, 1.807) is 6.07 Å². The summed E-state index contributed by atoms with van der Waals surface area (Å²) < 4.78 is 1.98. The summed E-state index contributed by atoms with van der Waals surface area (Å²) in [5, 5.41) is 5.79. The van der Waals surface area contributed by atoms with E-state index in [-0.39, 0.29) is 6.04 Å². The number of halogens is 2. The smallest absolute Gasteiger partial charge is 0.0677 e. The first-order chi connectivity index (χ1) is 9.93. The first kappa shape index (κ1) is 16.3. The van der Waals surface area contributed by atoms with Gasteiger partial charge in [-0.2, -0.15) is 5.10 Å². The number of nitrogens with zero attached hydrogens (tertiary/aromatic N) is 2. The summed E-state index contributed by atoms with van der Waals surface area (Å²) in [6.07, 6.45) is 1.82. The third kappa shape index (κ3) is 3.60. The summed E-state index contributed by atoms with van der Waals surface area (Å²) in [5.41, 5.74) is 10.5. The molecule has 21 heavy (non-hydrogen) atoms. The molecule has 0 spiro atoms. The minimum atomic E-state index is 0.176. The first-order valence-electron chi connectivity index (χ1n) is 7.15. The summed E-state index contributed by atoms with van der Waals surface area (Å²) in [6, 6.07) is 5.85. The minimum Gasteiger partial charge on any atom is -0.327 e. The zero-order valence-electron chi connectivity index (χ0n) is 12.7. The Kier molecular flexibility index (Phi) is 5.31. The molecule has 5 heteroatoms. The van der Waals surface area contributed by atoms with Crippen LogP contribution in [0.4, 0.5) is 0 Å². The van der Waals surface area contributed by atoms with Gasteiger partial charge < -0.3 is 5.73 Å². The average Bonchev–Trinajstić information content (AvgIpc) is 2.71. The van der Waals surface area contributed by atoms with Gasteiger partial charge in [0.25, 0.3) is 0 Å². The van der Waals surface area contributed by atoms with Crippen LogP contribution in [0.1, 0.15) is 35.9 Å². The van der Waals surface area contributed by atoms with Crippen molar-refractivity contribution in [3.05, 3.63) is 50.8 Å². The molecule has 1 atom stereocenters. The lowest BCUT2D eigenvalue weighted by molar-refractivity contribution is 0.636. The van der Waals surface area contributed by atoms with E-state index in [0.717, 1.165) is 29.8 Å². The molecule has 0 aliphatic heterocycles. The molecule has 1 aromatic heterocycles. The van der Waals surface area contributed by atoms with Gasteiger partial charge in [-0.1, -0.05) is 42.3 Å². The van der Waals surface area contributed by atoms with Gasteiger partial charge in [0.2, 0.25) is 0 Å². The number of hydrogen-bond acceptors (Lipinski definition) is 2. The Labute approximate surface area is 136 Å². The fourth-order valence-electron chi connectivity index (χ4n) is 2.42. The van der Waals surface area contributed by atoms with Crippen molar-refractivity contribution in [2.24, 2.45) is 5.73 Å². The quantitative estimate of drug-likeness (QED) is 0.897. The molecule has 114 valence electrons. The molecule has 3 nitrogen and oxygen atoms in total. The maximum Gasteiger partial charge on any atom is 0.0677 e. The molecular formula is C16H21Cl2N3. The van der Waals surface area contributed by atoms with Crippen LogP contribution in [0.5, 0.6) is 0 Å². The Bertz CT molecular complexity index is 635. The highest BCUT2D eigenvalue weighted by molar-refractivity contribution is 6.42. The van der Waals surface area contributed by atoms with E-state index >= 15 is 0 Å². The summed E-state index contributed by atoms with van der Waals surface area (Å²) >= 11 is 12.3. The zero-order valence-corrected chi connectivity index (χ0v) is 14.2. The van der Waals surface area contributed by atoms with E-state index in [9.17, 15) is 0 Å². The van der Waals surface area contributed by atoms with E-state index in [2.05, 4.69) is 18.9 Å². The van der Waals surface area contributed by atoms with Crippen molar-refractivity contribution >= 4 is 23.2 Å². The van der Waals surface area contributed by atoms with E-state index < -0.39 is 0 Å². The predicted octanol–water partition coefficient (Wildman–Crippen LogP) is 4.13. The van der Waals surface area contributed by atoms with Crippen LogP contribution >= 0.6 is 23.2 Å². The lowest BCUT2D eigenvalue weighted by Gasteiger charge is -2.10. The molecule has 2 aromatic rings. The van der Waals surface area contributed by atoms with Crippen molar-refractivity contribution in [3.63, 3.8) is 0 Å². The number of nitrogens with two attached hydrogens (primary N) is 1. The molecule has 0 radical (unpaired) electrons. The molecular weight excluding hydrogens is 305 g/mol. The molecule has 0 bridgehead atoms. The normalized spacial score (nSPS) is 12.7. The van der Waals surface area contributed by atoms with E-state index in [1.807, 2.05) is 23.7 Å². The average molecular weight is 326 g/mol. The van der Waals surface area contributed by atoms with Gasteiger partial charge in [0, 0.05) is 11.7 Å². The summed E-state index contributed by atoms with van der Waals surface area (Å²) in [5.74, 6) is 0. The molecule has 1 heterocycles. The molecule has 0 aliphatic carbocycles. The lowest BCUT2D eigenvalue weighted by Crippen LogP contribution is -2.22. The topological polar surface area (TPSA) is 43.8 Å². The molecule has 1 unspecified atom stereocenters. The Hall–Kier alpha value is -1.03. The molecule has 0 fully saturated rings. The van der Waals surface area contributed by atoms with Crippen molar-refractivity contribution in [3.8, 4) is 0 Å². The minimum absolute atomic E-state index is 0.176.